The largest absolute Gasteiger partial charge is 0.456 e. The van der Waals surface area contributed by atoms with Crippen LogP contribution in [0.25, 0.3) is 32.7 Å². The van der Waals surface area contributed by atoms with E-state index >= 15 is 0 Å². The fourth-order valence-electron chi connectivity index (χ4n) is 8.21. The van der Waals surface area contributed by atoms with Crippen molar-refractivity contribution in [1.29, 1.82) is 0 Å². The molecule has 8 aromatic carbocycles. The van der Waals surface area contributed by atoms with E-state index in [1.165, 1.54) is 53.9 Å². The van der Waals surface area contributed by atoms with Crippen LogP contribution in [0.2, 0.25) is 32.7 Å². The summed E-state index contributed by atoms with van der Waals surface area (Å²) >= 11 is 0. The van der Waals surface area contributed by atoms with Crippen molar-refractivity contribution < 1.29 is 4.74 Å². The van der Waals surface area contributed by atoms with Crippen molar-refractivity contribution in [2.75, 3.05) is 4.90 Å². The molecular weight excluding hydrogens is 686 g/mol. The van der Waals surface area contributed by atoms with Crippen molar-refractivity contribution in [2.24, 2.45) is 0 Å². The Hall–Kier alpha value is -5.62. The zero-order chi connectivity index (χ0) is 37.0. The van der Waals surface area contributed by atoms with Crippen LogP contribution in [0, 0.1) is 0 Å². The monoisotopic (exact) mass is 728 g/mol. The summed E-state index contributed by atoms with van der Waals surface area (Å²) in [6.07, 6.45) is 0. The van der Waals surface area contributed by atoms with Gasteiger partial charge in [0, 0.05) is 34.1 Å². The van der Waals surface area contributed by atoms with Crippen LogP contribution in [0.5, 0.6) is 11.5 Å². The molecule has 0 aromatic heterocycles. The van der Waals surface area contributed by atoms with Gasteiger partial charge < -0.3 is 9.64 Å². The summed E-state index contributed by atoms with van der Waals surface area (Å²) in [6.45, 7) is 12.0. The number of anilines is 3. The van der Waals surface area contributed by atoms with E-state index in [0.717, 1.165) is 34.1 Å². The Balaban J connectivity index is 1.18. The molecule has 8 aromatic rings. The second kappa shape index (κ2) is 13.7. The molecular formula is C49H43BNOSi2. The van der Waals surface area contributed by atoms with E-state index in [-0.39, 0.29) is 6.71 Å². The normalized spacial score (nSPS) is 12.1. The van der Waals surface area contributed by atoms with Crippen LogP contribution in [0.1, 0.15) is 0 Å². The lowest BCUT2D eigenvalue weighted by Gasteiger charge is -2.29. The Kier molecular flexibility index (Phi) is 8.64. The minimum Gasteiger partial charge on any atom is -0.456 e. The summed E-state index contributed by atoms with van der Waals surface area (Å²) < 4.78 is 6.93. The Bertz CT molecular complexity index is 2640. The summed E-state index contributed by atoms with van der Waals surface area (Å²) in [6, 6.07) is 62.7. The number of nitrogens with zero attached hydrogens (tertiary/aromatic N) is 1. The van der Waals surface area contributed by atoms with Crippen LogP contribution in [0.15, 0.2) is 170 Å². The summed E-state index contributed by atoms with van der Waals surface area (Å²) in [5, 5.41) is 7.82. The van der Waals surface area contributed by atoms with Gasteiger partial charge in [-0.3, -0.25) is 0 Å². The van der Waals surface area contributed by atoms with Crippen molar-refractivity contribution in [1.82, 2.24) is 0 Å². The zero-order valence-corrected chi connectivity index (χ0v) is 33.6. The van der Waals surface area contributed by atoms with E-state index < -0.39 is 16.9 Å². The van der Waals surface area contributed by atoms with Gasteiger partial charge in [-0.05, 0) is 64.2 Å². The molecule has 0 spiro atoms. The average molecular weight is 729 g/mol. The predicted octanol–water partition coefficient (Wildman–Crippen LogP) is 10.3. The highest BCUT2D eigenvalue weighted by molar-refractivity contribution is 6.98. The third-order valence-electron chi connectivity index (χ3n) is 11.0. The Morgan fingerprint density at radius 1 is 0.519 bits per heavy atom. The van der Waals surface area contributed by atoms with Gasteiger partial charge in [0.05, 0.1) is 16.9 Å². The number of fused-ring (bicyclic) bond motifs is 3. The van der Waals surface area contributed by atoms with Gasteiger partial charge >= 0.3 is 0 Å². The number of hydrogen-bond acceptors (Lipinski definition) is 2. The number of hydrogen-bond donors (Lipinski definition) is 0. The molecule has 2 nitrogen and oxygen atoms in total. The third kappa shape index (κ3) is 6.08. The topological polar surface area (TPSA) is 12.5 Å². The second-order valence-electron chi connectivity index (χ2n) is 15.8. The highest BCUT2D eigenvalue weighted by Gasteiger charge is 2.29. The van der Waals surface area contributed by atoms with E-state index in [2.05, 4.69) is 207 Å². The minimum absolute atomic E-state index is 0.0512. The van der Waals surface area contributed by atoms with E-state index in [0.29, 0.717) is 0 Å². The minimum atomic E-state index is -1.44. The Morgan fingerprint density at radius 2 is 1.13 bits per heavy atom. The van der Waals surface area contributed by atoms with Gasteiger partial charge in [0.15, 0.2) is 0 Å². The van der Waals surface area contributed by atoms with Crippen LogP contribution in [-0.2, 0) is 0 Å². The van der Waals surface area contributed by atoms with E-state index in [9.17, 15) is 0 Å². The second-order valence-corrected chi connectivity index (χ2v) is 23.4. The molecule has 5 heteroatoms. The molecule has 1 heterocycles. The molecule has 0 bridgehead atoms. The van der Waals surface area contributed by atoms with Crippen LogP contribution < -0.4 is 36.4 Å². The highest BCUT2D eigenvalue weighted by atomic mass is 28.3. The SMILES string of the molecule is C[Si](C)c1ccc(N(c2ccc([Si](C)(C)C)cc2)c2ccc3c(c2)Oc2cccc4c(B(c5ccccc5)c5cccc6ccccc56)ccc-3c24)cc1. The van der Waals surface area contributed by atoms with E-state index in [1.54, 1.807) is 0 Å². The number of ether oxygens (including phenoxy) is 1. The summed E-state index contributed by atoms with van der Waals surface area (Å²) in [5.74, 6) is 1.77. The summed E-state index contributed by atoms with van der Waals surface area (Å²) in [4.78, 5) is 2.37. The first kappa shape index (κ1) is 34.2. The van der Waals surface area contributed by atoms with Crippen LogP contribution in [0.3, 0.4) is 0 Å². The van der Waals surface area contributed by atoms with Gasteiger partial charge in [0.2, 0.25) is 6.71 Å². The molecule has 0 saturated carbocycles. The lowest BCUT2D eigenvalue weighted by atomic mass is 9.35. The van der Waals surface area contributed by atoms with Crippen molar-refractivity contribution in [2.45, 2.75) is 32.7 Å². The van der Waals surface area contributed by atoms with Crippen molar-refractivity contribution >= 4 is 89.0 Å². The van der Waals surface area contributed by atoms with Gasteiger partial charge in [-0.25, -0.2) is 0 Å². The van der Waals surface area contributed by atoms with E-state index in [1.807, 2.05) is 0 Å². The molecule has 1 aliphatic heterocycles. The lowest BCUT2D eigenvalue weighted by molar-refractivity contribution is 0.487. The van der Waals surface area contributed by atoms with Crippen molar-refractivity contribution in [3.05, 3.63) is 170 Å². The summed E-state index contributed by atoms with van der Waals surface area (Å²) in [7, 11) is -1.99. The van der Waals surface area contributed by atoms with Gasteiger partial charge in [0.25, 0.3) is 0 Å². The molecule has 0 unspecified atom stereocenters. The molecule has 261 valence electrons. The van der Waals surface area contributed by atoms with Crippen molar-refractivity contribution in [3.8, 4) is 22.6 Å². The first-order valence-corrected chi connectivity index (χ1v) is 25.0. The Morgan fingerprint density at radius 3 is 1.87 bits per heavy atom. The molecule has 0 amide bonds. The fraction of sp³-hybridized carbons (Fsp3) is 0.102. The van der Waals surface area contributed by atoms with Crippen LogP contribution in [-0.4, -0.2) is 23.6 Å². The maximum Gasteiger partial charge on any atom is 0.242 e. The van der Waals surface area contributed by atoms with Gasteiger partial charge in [-0.15, -0.1) is 0 Å². The number of benzene rings is 8. The quantitative estimate of drug-likeness (QED) is 0.145. The lowest BCUT2D eigenvalue weighted by Crippen LogP contribution is -2.52. The molecule has 0 saturated heterocycles. The Labute approximate surface area is 322 Å². The molecule has 0 fully saturated rings. The molecule has 1 radical (unpaired) electrons. The highest BCUT2D eigenvalue weighted by Crippen LogP contribution is 2.48. The maximum atomic E-state index is 6.93. The fourth-order valence-corrected chi connectivity index (χ4v) is 10.2. The van der Waals surface area contributed by atoms with Gasteiger partial charge in [-0.1, -0.05) is 181 Å². The molecule has 0 aliphatic carbocycles. The maximum absolute atomic E-state index is 6.93. The smallest absolute Gasteiger partial charge is 0.242 e. The molecule has 0 atom stereocenters. The third-order valence-corrected chi connectivity index (χ3v) is 14.6. The van der Waals surface area contributed by atoms with E-state index in [4.69, 9.17) is 4.74 Å². The predicted molar refractivity (Wildman–Crippen MR) is 239 cm³/mol. The first-order valence-electron chi connectivity index (χ1n) is 19.0. The average Bonchev–Trinajstić information content (AvgIpc) is 3.19. The van der Waals surface area contributed by atoms with Crippen LogP contribution >= 0.6 is 0 Å². The molecule has 54 heavy (non-hydrogen) atoms. The molecule has 0 N–H and O–H groups in total. The first-order chi connectivity index (χ1) is 26.2. The number of rotatable bonds is 8. The van der Waals surface area contributed by atoms with Gasteiger partial charge in [0.1, 0.15) is 11.5 Å². The van der Waals surface area contributed by atoms with Crippen LogP contribution in [0.4, 0.5) is 17.1 Å². The summed E-state index contributed by atoms with van der Waals surface area (Å²) in [5.41, 5.74) is 9.55. The molecule has 1 aliphatic rings. The zero-order valence-electron chi connectivity index (χ0n) is 31.6. The molecule has 9 rings (SSSR count). The van der Waals surface area contributed by atoms with Gasteiger partial charge in [-0.2, -0.15) is 0 Å². The van der Waals surface area contributed by atoms with Crippen molar-refractivity contribution in [3.63, 3.8) is 0 Å². The standard InChI is InChI=1S/C49H43BNOSi2/c1-53(2)39-26-21-36(22-27-39)51(37-23-28-40(29-24-37)54(3,4)5)38-25-30-42-43-31-32-46(44-18-12-20-47(49(43)44)52-48(42)33-38)50(35-15-7-6-8-16-35)45-19-11-14-34-13-9-10-17-41(34)45/h6-33H,1-5H3.